The Morgan fingerprint density at radius 3 is 2.93 bits per heavy atom. The van der Waals surface area contributed by atoms with Crippen LogP contribution >= 0.6 is 0 Å². The van der Waals surface area contributed by atoms with E-state index in [1.807, 2.05) is 17.8 Å². The Kier molecular flexibility index (Phi) is 3.38. The topological polar surface area (TPSA) is 53.1 Å². The van der Waals surface area contributed by atoms with Crippen LogP contribution in [-0.2, 0) is 11.3 Å². The molecule has 0 spiro atoms. The van der Waals surface area contributed by atoms with Crippen LogP contribution in [0.15, 0.2) is 12.4 Å². The number of rotatable bonds is 3. The summed E-state index contributed by atoms with van der Waals surface area (Å²) in [7, 11) is 0. The predicted molar refractivity (Wildman–Crippen MR) is 58.4 cm³/mol. The van der Waals surface area contributed by atoms with Crippen molar-refractivity contribution in [2.24, 2.45) is 11.7 Å². The Bertz CT molecular complexity index is 303. The fourth-order valence-corrected chi connectivity index (χ4v) is 1.91. The maximum absolute atomic E-state index is 5.79. The van der Waals surface area contributed by atoms with Crippen molar-refractivity contribution >= 4 is 0 Å². The van der Waals surface area contributed by atoms with Gasteiger partial charge in [0.05, 0.1) is 6.20 Å². The minimum atomic E-state index is 0.0773. The molecule has 2 rings (SSSR count). The van der Waals surface area contributed by atoms with Gasteiger partial charge < -0.3 is 10.5 Å². The molecule has 2 heterocycles. The standard InChI is InChI=1S/C11H19N3O/c1-9(12)11-6-13-14(8-11)7-10-2-4-15-5-3-10/h6,8-10H,2-5,7,12H2,1H3/t9-/m1/s1. The highest BCUT2D eigenvalue weighted by atomic mass is 16.5. The number of nitrogens with two attached hydrogens (primary N) is 1. The SMILES string of the molecule is C[C@@H](N)c1cnn(CC2CCOCC2)c1. The van der Waals surface area contributed by atoms with Gasteiger partial charge in [0.15, 0.2) is 0 Å². The molecule has 1 saturated heterocycles. The molecule has 1 aliphatic heterocycles. The second-order valence-corrected chi connectivity index (χ2v) is 4.34. The van der Waals surface area contributed by atoms with E-state index >= 15 is 0 Å². The second kappa shape index (κ2) is 4.77. The normalized spacial score (nSPS) is 20.4. The summed E-state index contributed by atoms with van der Waals surface area (Å²) in [6.07, 6.45) is 6.21. The first-order valence-corrected chi connectivity index (χ1v) is 5.61. The van der Waals surface area contributed by atoms with Crippen LogP contribution in [0.2, 0.25) is 0 Å². The minimum absolute atomic E-state index is 0.0773. The van der Waals surface area contributed by atoms with Crippen molar-refractivity contribution < 1.29 is 4.74 Å². The van der Waals surface area contributed by atoms with Gasteiger partial charge in [-0.25, -0.2) is 0 Å². The molecule has 1 atom stereocenters. The molecule has 4 nitrogen and oxygen atoms in total. The van der Waals surface area contributed by atoms with Crippen molar-refractivity contribution in [2.45, 2.75) is 32.4 Å². The molecule has 15 heavy (non-hydrogen) atoms. The summed E-state index contributed by atoms with van der Waals surface area (Å²) in [6.45, 7) is 4.77. The summed E-state index contributed by atoms with van der Waals surface area (Å²) in [5, 5.41) is 4.33. The molecule has 0 unspecified atom stereocenters. The van der Waals surface area contributed by atoms with Gasteiger partial charge in [-0.15, -0.1) is 0 Å². The summed E-state index contributed by atoms with van der Waals surface area (Å²) < 4.78 is 7.34. The number of hydrogen-bond acceptors (Lipinski definition) is 3. The zero-order valence-electron chi connectivity index (χ0n) is 9.22. The van der Waals surface area contributed by atoms with E-state index in [1.165, 1.54) is 0 Å². The molecule has 4 heteroatoms. The summed E-state index contributed by atoms with van der Waals surface area (Å²) in [4.78, 5) is 0. The lowest BCUT2D eigenvalue weighted by Crippen LogP contribution is -2.20. The smallest absolute Gasteiger partial charge is 0.0537 e. The van der Waals surface area contributed by atoms with Crippen molar-refractivity contribution in [3.8, 4) is 0 Å². The highest BCUT2D eigenvalue weighted by Gasteiger charge is 2.15. The quantitative estimate of drug-likeness (QED) is 0.817. The lowest BCUT2D eigenvalue weighted by molar-refractivity contribution is 0.0601. The first-order chi connectivity index (χ1) is 7.25. The van der Waals surface area contributed by atoms with Crippen LogP contribution in [0, 0.1) is 5.92 Å². The zero-order valence-corrected chi connectivity index (χ0v) is 9.22. The second-order valence-electron chi connectivity index (χ2n) is 4.34. The fraction of sp³-hybridized carbons (Fsp3) is 0.727. The van der Waals surface area contributed by atoms with Crippen LogP contribution in [0.1, 0.15) is 31.4 Å². The van der Waals surface area contributed by atoms with E-state index in [0.717, 1.165) is 38.2 Å². The molecule has 0 aliphatic carbocycles. The Labute approximate surface area is 90.4 Å². The van der Waals surface area contributed by atoms with Gasteiger partial charge in [0, 0.05) is 37.6 Å². The van der Waals surface area contributed by atoms with E-state index in [9.17, 15) is 0 Å². The maximum Gasteiger partial charge on any atom is 0.0537 e. The Hall–Kier alpha value is -0.870. The van der Waals surface area contributed by atoms with Crippen molar-refractivity contribution in [3.05, 3.63) is 18.0 Å². The summed E-state index contributed by atoms with van der Waals surface area (Å²) >= 11 is 0. The van der Waals surface area contributed by atoms with Crippen molar-refractivity contribution in [3.63, 3.8) is 0 Å². The maximum atomic E-state index is 5.79. The molecule has 0 radical (unpaired) electrons. The average molecular weight is 209 g/mol. The number of nitrogens with zero attached hydrogens (tertiary/aromatic N) is 2. The lowest BCUT2D eigenvalue weighted by Gasteiger charge is -2.21. The van der Waals surface area contributed by atoms with E-state index < -0.39 is 0 Å². The molecule has 1 aromatic rings. The van der Waals surface area contributed by atoms with Crippen molar-refractivity contribution in [1.82, 2.24) is 9.78 Å². The van der Waals surface area contributed by atoms with Crippen LogP contribution in [0.3, 0.4) is 0 Å². The Morgan fingerprint density at radius 2 is 2.33 bits per heavy atom. The zero-order chi connectivity index (χ0) is 10.7. The number of aromatic nitrogens is 2. The lowest BCUT2D eigenvalue weighted by atomic mass is 10.0. The first kappa shape index (κ1) is 10.6. The van der Waals surface area contributed by atoms with Gasteiger partial charge in [-0.1, -0.05) is 0 Å². The van der Waals surface area contributed by atoms with Gasteiger partial charge >= 0.3 is 0 Å². The molecule has 0 bridgehead atoms. The third-order valence-corrected chi connectivity index (χ3v) is 2.97. The largest absolute Gasteiger partial charge is 0.381 e. The highest BCUT2D eigenvalue weighted by molar-refractivity contribution is 5.08. The van der Waals surface area contributed by atoms with Gasteiger partial charge in [-0.05, 0) is 25.7 Å². The third kappa shape index (κ3) is 2.79. The molecule has 0 aromatic carbocycles. The van der Waals surface area contributed by atoms with Crippen LogP contribution < -0.4 is 5.73 Å². The molecule has 1 fully saturated rings. The Morgan fingerprint density at radius 1 is 1.60 bits per heavy atom. The van der Waals surface area contributed by atoms with Crippen molar-refractivity contribution in [1.29, 1.82) is 0 Å². The molecule has 1 aromatic heterocycles. The average Bonchev–Trinajstić information content (AvgIpc) is 2.68. The van der Waals surface area contributed by atoms with Gasteiger partial charge in [0.1, 0.15) is 0 Å². The van der Waals surface area contributed by atoms with Crippen LogP contribution in [-0.4, -0.2) is 23.0 Å². The first-order valence-electron chi connectivity index (χ1n) is 5.61. The van der Waals surface area contributed by atoms with Crippen LogP contribution in [0.5, 0.6) is 0 Å². The summed E-state index contributed by atoms with van der Waals surface area (Å²) in [5.41, 5.74) is 6.90. The van der Waals surface area contributed by atoms with Crippen LogP contribution in [0.25, 0.3) is 0 Å². The van der Waals surface area contributed by atoms with Gasteiger partial charge in [-0.3, -0.25) is 4.68 Å². The monoisotopic (exact) mass is 209 g/mol. The minimum Gasteiger partial charge on any atom is -0.381 e. The molecular formula is C11H19N3O. The molecular weight excluding hydrogens is 190 g/mol. The van der Waals surface area contributed by atoms with Gasteiger partial charge in [-0.2, -0.15) is 5.10 Å². The molecule has 84 valence electrons. The van der Waals surface area contributed by atoms with E-state index in [4.69, 9.17) is 10.5 Å². The van der Waals surface area contributed by atoms with Crippen LogP contribution in [0.4, 0.5) is 0 Å². The molecule has 0 amide bonds. The number of hydrogen-bond donors (Lipinski definition) is 1. The van der Waals surface area contributed by atoms with Crippen molar-refractivity contribution in [2.75, 3.05) is 13.2 Å². The predicted octanol–water partition coefficient (Wildman–Crippen LogP) is 1.33. The Balaban J connectivity index is 1.91. The molecule has 0 saturated carbocycles. The fourth-order valence-electron chi connectivity index (χ4n) is 1.91. The summed E-state index contributed by atoms with van der Waals surface area (Å²) in [6, 6.07) is 0.0773. The van der Waals surface area contributed by atoms with E-state index in [2.05, 4.69) is 11.3 Å². The van der Waals surface area contributed by atoms with Gasteiger partial charge in [0.25, 0.3) is 0 Å². The van der Waals surface area contributed by atoms with E-state index in [-0.39, 0.29) is 6.04 Å². The number of ether oxygens (including phenoxy) is 1. The van der Waals surface area contributed by atoms with E-state index in [1.54, 1.807) is 0 Å². The summed E-state index contributed by atoms with van der Waals surface area (Å²) in [5.74, 6) is 0.708. The third-order valence-electron chi connectivity index (χ3n) is 2.97. The molecule has 2 N–H and O–H groups in total. The molecule has 1 aliphatic rings. The van der Waals surface area contributed by atoms with E-state index in [0.29, 0.717) is 5.92 Å². The highest BCUT2D eigenvalue weighted by Crippen LogP contribution is 2.17. The van der Waals surface area contributed by atoms with Gasteiger partial charge in [0.2, 0.25) is 0 Å².